The molecule has 2 atom stereocenters. The molecule has 1 saturated heterocycles. The van der Waals surface area contributed by atoms with E-state index in [1.165, 1.54) is 39.9 Å². The van der Waals surface area contributed by atoms with Gasteiger partial charge in [0.2, 0.25) is 11.8 Å². The molecule has 3 amide bonds. The van der Waals surface area contributed by atoms with Crippen LogP contribution in [0, 0.1) is 21.8 Å². The summed E-state index contributed by atoms with van der Waals surface area (Å²) in [4.78, 5) is 61.2. The number of halogens is 1. The zero-order valence-electron chi connectivity index (χ0n) is 28.7. The van der Waals surface area contributed by atoms with Gasteiger partial charge in [0.15, 0.2) is 0 Å². The quantitative estimate of drug-likeness (QED) is 0.0684. The van der Waals surface area contributed by atoms with Gasteiger partial charge in [-0.15, -0.1) is 0 Å². The first-order valence-electron chi connectivity index (χ1n) is 16.8. The number of carbonyl (C=O) groups excluding carboxylic acids is 3. The van der Waals surface area contributed by atoms with Gasteiger partial charge in [-0.25, -0.2) is 9.37 Å². The van der Waals surface area contributed by atoms with Gasteiger partial charge in [-0.2, -0.15) is 0 Å². The Hall–Kier alpha value is -4.89. The van der Waals surface area contributed by atoms with Crippen LogP contribution in [0.4, 0.5) is 21.5 Å². The lowest BCUT2D eigenvalue weighted by Gasteiger charge is -2.36. The summed E-state index contributed by atoms with van der Waals surface area (Å²) < 4.78 is 15.0. The average Bonchev–Trinajstić information content (AvgIpc) is 3.75. The number of aromatic nitrogens is 2. The minimum Gasteiger partial charge on any atom is -0.368 e. The van der Waals surface area contributed by atoms with E-state index in [4.69, 9.17) is 0 Å². The molecule has 0 bridgehead atoms. The summed E-state index contributed by atoms with van der Waals surface area (Å²) in [7, 11) is 6.94. The van der Waals surface area contributed by atoms with Crippen molar-refractivity contribution in [3.05, 3.63) is 118 Å². The van der Waals surface area contributed by atoms with Crippen molar-refractivity contribution in [3.8, 4) is 0 Å². The van der Waals surface area contributed by atoms with Crippen LogP contribution in [0.25, 0.3) is 0 Å². The fourth-order valence-corrected chi connectivity index (χ4v) is 8.37. The summed E-state index contributed by atoms with van der Waals surface area (Å²) in [5, 5.41) is 16.8. The number of piperazine rings is 1. The molecule has 0 spiro atoms. The zero-order chi connectivity index (χ0) is 36.8. The number of amides is 3. The minimum atomic E-state index is -0.526. The predicted molar refractivity (Wildman–Crippen MR) is 206 cm³/mol. The van der Waals surface area contributed by atoms with E-state index in [0.29, 0.717) is 60.2 Å². The molecule has 4 aromatic rings. The summed E-state index contributed by atoms with van der Waals surface area (Å²) in [6.07, 6.45) is 5.08. The Morgan fingerprint density at radius 3 is 2.44 bits per heavy atom. The minimum absolute atomic E-state index is 0.0134. The second-order valence-electron chi connectivity index (χ2n) is 13.2. The highest BCUT2D eigenvalue weighted by molar-refractivity contribution is 8.76. The largest absolute Gasteiger partial charge is 0.368 e. The van der Waals surface area contributed by atoms with Gasteiger partial charge in [-0.05, 0) is 70.8 Å². The Kier molecular flexibility index (Phi) is 11.5. The molecular weight excluding hydrogens is 703 g/mol. The molecule has 2 unspecified atom stereocenters. The van der Waals surface area contributed by atoms with E-state index in [9.17, 15) is 24.5 Å². The second-order valence-corrected chi connectivity index (χ2v) is 15.7. The molecule has 2 aromatic carbocycles. The third kappa shape index (κ3) is 8.76. The van der Waals surface area contributed by atoms with Gasteiger partial charge in [-0.1, -0.05) is 28.1 Å². The van der Waals surface area contributed by atoms with E-state index in [0.717, 1.165) is 11.3 Å². The molecular formula is C35H36B2FN7O5S2. The lowest BCUT2D eigenvalue weighted by molar-refractivity contribution is -0.385. The van der Waals surface area contributed by atoms with E-state index in [1.807, 2.05) is 44.9 Å². The van der Waals surface area contributed by atoms with Gasteiger partial charge in [-0.3, -0.25) is 29.5 Å². The lowest BCUT2D eigenvalue weighted by Crippen LogP contribution is -2.48. The normalized spacial score (nSPS) is 17.6. The topological polar surface area (TPSA) is 151 Å². The van der Waals surface area contributed by atoms with Crippen molar-refractivity contribution in [1.82, 2.24) is 20.2 Å². The molecule has 2 aromatic heterocycles. The molecule has 6 rings (SSSR count). The number of benzene rings is 2. The van der Waals surface area contributed by atoms with E-state index in [1.54, 1.807) is 42.7 Å². The van der Waals surface area contributed by atoms with Crippen molar-refractivity contribution >= 4 is 72.1 Å². The van der Waals surface area contributed by atoms with Crippen molar-refractivity contribution in [1.29, 1.82) is 0 Å². The first kappa shape index (κ1) is 36.9. The zero-order valence-corrected chi connectivity index (χ0v) is 30.3. The highest BCUT2D eigenvalue weighted by Gasteiger charge is 2.61. The number of rotatable bonds is 13. The molecule has 1 aliphatic carbocycles. The van der Waals surface area contributed by atoms with Crippen LogP contribution in [0.3, 0.4) is 0 Å². The van der Waals surface area contributed by atoms with Gasteiger partial charge in [0.1, 0.15) is 32.7 Å². The Morgan fingerprint density at radius 2 is 1.79 bits per heavy atom. The Balaban J connectivity index is 0.912. The molecule has 2 aliphatic rings. The summed E-state index contributed by atoms with van der Waals surface area (Å²) in [6.45, 7) is 2.47. The molecule has 1 aliphatic heterocycles. The molecule has 1 saturated carbocycles. The van der Waals surface area contributed by atoms with Gasteiger partial charge >= 0.3 is 0 Å². The Labute approximate surface area is 310 Å². The number of nitrogens with one attached hydrogen (secondary N) is 2. The summed E-state index contributed by atoms with van der Waals surface area (Å²) in [6, 6.07) is 18.5. The number of nitrogens with zero attached hydrogens (tertiary/aromatic N) is 5. The maximum atomic E-state index is 15.0. The molecule has 266 valence electrons. The van der Waals surface area contributed by atoms with Crippen LogP contribution < -0.4 is 15.5 Å². The fraction of sp³-hybridized carbons (Fsp3) is 0.286. The third-order valence-corrected chi connectivity index (χ3v) is 11.8. The number of hydrogen-bond donors (Lipinski definition) is 2. The van der Waals surface area contributed by atoms with Crippen LogP contribution >= 0.6 is 21.6 Å². The molecule has 2 fully saturated rings. The maximum Gasteiger partial charge on any atom is 0.287 e. The van der Waals surface area contributed by atoms with E-state index in [2.05, 4.69) is 25.5 Å². The molecule has 12 nitrogen and oxygen atoms in total. The van der Waals surface area contributed by atoms with Gasteiger partial charge in [0, 0.05) is 91.8 Å². The standard InChI is InChI=1S/C35H36B2FN7O5S2/c36-35(37)31(24-2-1-12-39-19-24)32(35)34(48)42-25-6-3-23(28(38)18-25)20-41-33(47)22-4-7-26(8-5-22)43-13-15-44(16-14-43)30(46)11-17-51-52-29-10-9-27(21-40-29)45(49)50/h1-10,12,18-19,21,31-32H,11,13-17,20,36-37H2,(H,41,47)(H,42,48). The van der Waals surface area contributed by atoms with Crippen LogP contribution in [0.2, 0.25) is 5.21 Å². The highest BCUT2D eigenvalue weighted by atomic mass is 33.1. The first-order valence-corrected chi connectivity index (χ1v) is 19.1. The van der Waals surface area contributed by atoms with Crippen LogP contribution in [0.15, 0.2) is 90.3 Å². The van der Waals surface area contributed by atoms with Crippen LogP contribution in [-0.4, -0.2) is 85.1 Å². The molecule has 2 N–H and O–H groups in total. The number of pyridine rings is 2. The first-order chi connectivity index (χ1) is 25.0. The van der Waals surface area contributed by atoms with Crippen LogP contribution in [0.5, 0.6) is 0 Å². The smallest absolute Gasteiger partial charge is 0.287 e. The number of anilines is 2. The highest BCUT2D eigenvalue weighted by Crippen LogP contribution is 2.66. The van der Waals surface area contributed by atoms with Crippen molar-refractivity contribution < 1.29 is 23.7 Å². The Bertz CT molecular complexity index is 1940. The number of hydrogen-bond acceptors (Lipinski definition) is 10. The van der Waals surface area contributed by atoms with Crippen molar-refractivity contribution in [2.24, 2.45) is 5.92 Å². The third-order valence-electron chi connectivity index (χ3n) is 9.52. The van der Waals surface area contributed by atoms with Gasteiger partial charge in [0.25, 0.3) is 11.6 Å². The van der Waals surface area contributed by atoms with Crippen molar-refractivity contribution in [3.63, 3.8) is 0 Å². The maximum absolute atomic E-state index is 15.0. The molecule has 0 radical (unpaired) electrons. The second kappa shape index (κ2) is 16.2. The predicted octanol–water partition coefficient (Wildman–Crippen LogP) is 3.67. The van der Waals surface area contributed by atoms with E-state index >= 15 is 4.39 Å². The van der Waals surface area contributed by atoms with Gasteiger partial charge < -0.3 is 20.4 Å². The number of carbonyl (C=O) groups is 3. The molecule has 3 heterocycles. The van der Waals surface area contributed by atoms with Crippen molar-refractivity contribution in [2.45, 2.75) is 29.1 Å². The molecule has 17 heteroatoms. The number of nitro groups is 1. The summed E-state index contributed by atoms with van der Waals surface area (Å²) in [5.74, 6) is -0.570. The van der Waals surface area contributed by atoms with Crippen LogP contribution in [0.1, 0.15) is 33.8 Å². The van der Waals surface area contributed by atoms with E-state index < -0.39 is 10.7 Å². The lowest BCUT2D eigenvalue weighted by atomic mass is 9.63. The summed E-state index contributed by atoms with van der Waals surface area (Å²) in [5.41, 5.74) is 2.99. The van der Waals surface area contributed by atoms with E-state index in [-0.39, 0.29) is 47.0 Å². The fourth-order valence-electron chi connectivity index (χ4n) is 6.53. The average molecular weight is 739 g/mol. The molecule has 52 heavy (non-hydrogen) atoms. The van der Waals surface area contributed by atoms with Crippen molar-refractivity contribution in [2.75, 3.05) is 42.1 Å². The SMILES string of the molecule is BC1(B)C(C(=O)Nc2ccc(CNC(=O)c3ccc(N4CCN(C(=O)CCSSc5ccc([N+](=O)[O-])cn5)CC4)cc3)c(F)c2)C1c1cccnc1. The summed E-state index contributed by atoms with van der Waals surface area (Å²) >= 11 is 0. The monoisotopic (exact) mass is 739 g/mol. The Morgan fingerprint density at radius 1 is 1.02 bits per heavy atom. The van der Waals surface area contributed by atoms with Crippen LogP contribution in [-0.2, 0) is 16.1 Å². The van der Waals surface area contributed by atoms with Gasteiger partial charge in [0.05, 0.1) is 4.92 Å².